The van der Waals surface area contributed by atoms with E-state index < -0.39 is 0 Å². The number of halogens is 1. The second-order valence-corrected chi connectivity index (χ2v) is 6.64. The van der Waals surface area contributed by atoms with Crippen LogP contribution in [0.1, 0.15) is 18.9 Å². The van der Waals surface area contributed by atoms with Crippen LogP contribution in [0, 0.1) is 0 Å². The first kappa shape index (κ1) is 16.2. The first-order valence-corrected chi connectivity index (χ1v) is 8.84. The predicted molar refractivity (Wildman–Crippen MR) is 98.1 cm³/mol. The van der Waals surface area contributed by atoms with Crippen LogP contribution in [0.4, 0.5) is 0 Å². The number of allylic oxidation sites excluding steroid dienone is 5. The zero-order chi connectivity index (χ0) is 15.1. The Hall–Kier alpha value is -1.19. The minimum Gasteiger partial charge on any atom is -0.339 e. The lowest BCUT2D eigenvalue weighted by Gasteiger charge is -2.24. The lowest BCUT2D eigenvalue weighted by atomic mass is 10.2. The molecule has 0 spiro atoms. The Kier molecular flexibility index (Phi) is 6.40. The summed E-state index contributed by atoms with van der Waals surface area (Å²) >= 11 is 5.50. The van der Waals surface area contributed by atoms with Crippen molar-refractivity contribution in [1.82, 2.24) is 4.90 Å². The molecule has 0 bridgehead atoms. The Bertz CT molecular complexity index is 584. The molecule has 1 aromatic rings. The molecule has 1 heterocycles. The molecule has 2 rings (SSSR count). The largest absolute Gasteiger partial charge is 0.339 e. The zero-order valence-corrected chi connectivity index (χ0v) is 14.8. The van der Waals surface area contributed by atoms with E-state index in [2.05, 4.69) is 95.5 Å². The predicted octanol–water partition coefficient (Wildman–Crippen LogP) is 5.84. The summed E-state index contributed by atoms with van der Waals surface area (Å²) in [6.07, 6.45) is 11.9. The maximum atomic E-state index is 3.64. The standard InChI is InChI=1S/C18H20BrNS/c1-3-4-6-11-16-12-17(13-18(19)20(16)2)21-14-15-9-7-5-8-10-15/h4-13H,3,14H2,1-2H3/b6-4+,16-11-. The average molecular weight is 362 g/mol. The molecule has 0 aliphatic carbocycles. The number of hydrogen-bond donors (Lipinski definition) is 0. The van der Waals surface area contributed by atoms with Crippen molar-refractivity contribution in [2.45, 2.75) is 19.1 Å². The molecular weight excluding hydrogens is 342 g/mol. The highest BCUT2D eigenvalue weighted by atomic mass is 79.9. The van der Waals surface area contributed by atoms with Gasteiger partial charge < -0.3 is 4.90 Å². The molecule has 0 fully saturated rings. The van der Waals surface area contributed by atoms with Crippen LogP contribution in [0.2, 0.25) is 0 Å². The monoisotopic (exact) mass is 361 g/mol. The molecule has 0 N–H and O–H groups in total. The van der Waals surface area contributed by atoms with Crippen molar-refractivity contribution < 1.29 is 0 Å². The van der Waals surface area contributed by atoms with E-state index in [9.17, 15) is 0 Å². The summed E-state index contributed by atoms with van der Waals surface area (Å²) in [7, 11) is 2.07. The molecular formula is C18H20BrNS. The number of benzene rings is 1. The van der Waals surface area contributed by atoms with E-state index in [1.165, 1.54) is 16.2 Å². The van der Waals surface area contributed by atoms with Crippen molar-refractivity contribution in [2.75, 3.05) is 7.05 Å². The maximum absolute atomic E-state index is 3.64. The number of rotatable bonds is 5. The van der Waals surface area contributed by atoms with E-state index in [4.69, 9.17) is 0 Å². The van der Waals surface area contributed by atoms with Crippen molar-refractivity contribution in [3.8, 4) is 0 Å². The molecule has 21 heavy (non-hydrogen) atoms. The molecule has 1 aromatic carbocycles. The Balaban J connectivity index is 2.09. The van der Waals surface area contributed by atoms with Gasteiger partial charge >= 0.3 is 0 Å². The van der Waals surface area contributed by atoms with E-state index >= 15 is 0 Å². The summed E-state index contributed by atoms with van der Waals surface area (Å²) in [6, 6.07) is 10.6. The van der Waals surface area contributed by atoms with Gasteiger partial charge in [0, 0.05) is 23.4 Å². The summed E-state index contributed by atoms with van der Waals surface area (Å²) in [6.45, 7) is 2.15. The number of hydrogen-bond acceptors (Lipinski definition) is 2. The Morgan fingerprint density at radius 2 is 1.95 bits per heavy atom. The fourth-order valence-electron chi connectivity index (χ4n) is 1.91. The lowest BCUT2D eigenvalue weighted by Crippen LogP contribution is -2.15. The van der Waals surface area contributed by atoms with Crippen molar-refractivity contribution in [3.63, 3.8) is 0 Å². The van der Waals surface area contributed by atoms with Gasteiger partial charge in [-0.3, -0.25) is 0 Å². The Labute approximate surface area is 140 Å². The first-order valence-electron chi connectivity index (χ1n) is 7.07. The van der Waals surface area contributed by atoms with Gasteiger partial charge in [-0.1, -0.05) is 49.4 Å². The minimum atomic E-state index is 0.991. The molecule has 0 aromatic heterocycles. The van der Waals surface area contributed by atoms with Crippen molar-refractivity contribution in [1.29, 1.82) is 0 Å². The van der Waals surface area contributed by atoms with Crippen molar-refractivity contribution in [2.24, 2.45) is 0 Å². The summed E-state index contributed by atoms with van der Waals surface area (Å²) in [5.41, 5.74) is 2.55. The van der Waals surface area contributed by atoms with E-state index in [1.54, 1.807) is 0 Å². The van der Waals surface area contributed by atoms with Crippen molar-refractivity contribution in [3.05, 3.63) is 81.5 Å². The quantitative estimate of drug-likeness (QED) is 0.606. The van der Waals surface area contributed by atoms with E-state index in [-0.39, 0.29) is 0 Å². The van der Waals surface area contributed by atoms with Crippen LogP contribution >= 0.6 is 27.7 Å². The fourth-order valence-corrected chi connectivity index (χ4v) is 3.44. The molecule has 0 unspecified atom stereocenters. The summed E-state index contributed by atoms with van der Waals surface area (Å²) in [5, 5.41) is 0. The fraction of sp³-hybridized carbons (Fsp3) is 0.222. The van der Waals surface area contributed by atoms with Gasteiger partial charge in [-0.2, -0.15) is 0 Å². The lowest BCUT2D eigenvalue weighted by molar-refractivity contribution is 0.573. The molecule has 0 radical (unpaired) electrons. The van der Waals surface area contributed by atoms with Crippen molar-refractivity contribution >= 4 is 27.7 Å². The molecule has 1 nitrogen and oxygen atoms in total. The van der Waals surface area contributed by atoms with Crippen LogP contribution in [0.15, 0.2) is 75.9 Å². The number of nitrogens with zero attached hydrogens (tertiary/aromatic N) is 1. The van der Waals surface area contributed by atoms with Crippen LogP contribution in [-0.2, 0) is 5.75 Å². The van der Waals surface area contributed by atoms with Gasteiger partial charge in [0.1, 0.15) is 0 Å². The topological polar surface area (TPSA) is 3.24 Å². The molecule has 1 aliphatic heterocycles. The van der Waals surface area contributed by atoms with Crippen LogP contribution in [0.5, 0.6) is 0 Å². The normalized spacial score (nSPS) is 17.3. The third kappa shape index (κ3) is 4.94. The summed E-state index contributed by atoms with van der Waals surface area (Å²) < 4.78 is 1.09. The highest BCUT2D eigenvalue weighted by Crippen LogP contribution is 2.32. The second kappa shape index (κ2) is 8.30. The number of thioether (sulfide) groups is 1. The molecule has 1 aliphatic rings. The molecule has 0 saturated carbocycles. The highest BCUT2D eigenvalue weighted by Gasteiger charge is 2.12. The average Bonchev–Trinajstić information content (AvgIpc) is 2.51. The number of likely N-dealkylation sites (N-methyl/N-ethyl adjacent to an activating group) is 1. The van der Waals surface area contributed by atoms with E-state index in [0.29, 0.717) is 0 Å². The van der Waals surface area contributed by atoms with Gasteiger partial charge in [0.2, 0.25) is 0 Å². The van der Waals surface area contributed by atoms with E-state index in [1.807, 2.05) is 11.8 Å². The zero-order valence-electron chi connectivity index (χ0n) is 12.4. The summed E-state index contributed by atoms with van der Waals surface area (Å²) in [5.74, 6) is 0.991. The first-order chi connectivity index (χ1) is 10.2. The van der Waals surface area contributed by atoms with Crippen LogP contribution < -0.4 is 0 Å². The third-order valence-corrected chi connectivity index (χ3v) is 4.95. The molecule has 3 heteroatoms. The van der Waals surface area contributed by atoms with Crippen LogP contribution in [-0.4, -0.2) is 11.9 Å². The van der Waals surface area contributed by atoms with Gasteiger partial charge in [-0.15, -0.1) is 11.8 Å². The third-order valence-electron chi connectivity index (χ3n) is 3.15. The minimum absolute atomic E-state index is 0.991. The van der Waals surface area contributed by atoms with Gasteiger partial charge in [-0.25, -0.2) is 0 Å². The Morgan fingerprint density at radius 3 is 2.67 bits per heavy atom. The summed E-state index contributed by atoms with van der Waals surface area (Å²) in [4.78, 5) is 3.42. The SMILES string of the molecule is CC/C=C/C=C1/C=C(SCc2ccccc2)C=C(Br)N1C. The molecule has 0 atom stereocenters. The van der Waals surface area contributed by atoms with Gasteiger partial charge in [-0.05, 0) is 46.1 Å². The van der Waals surface area contributed by atoms with Gasteiger partial charge in [0.25, 0.3) is 0 Å². The highest BCUT2D eigenvalue weighted by molar-refractivity contribution is 9.11. The van der Waals surface area contributed by atoms with Crippen LogP contribution in [0.25, 0.3) is 0 Å². The second-order valence-electron chi connectivity index (χ2n) is 4.77. The Morgan fingerprint density at radius 1 is 1.19 bits per heavy atom. The smallest absolute Gasteiger partial charge is 0.0859 e. The van der Waals surface area contributed by atoms with Gasteiger partial charge in [0.05, 0.1) is 4.61 Å². The van der Waals surface area contributed by atoms with Crippen LogP contribution in [0.3, 0.4) is 0 Å². The molecule has 0 amide bonds. The molecule has 0 saturated heterocycles. The molecule has 110 valence electrons. The maximum Gasteiger partial charge on any atom is 0.0859 e. The van der Waals surface area contributed by atoms with E-state index in [0.717, 1.165) is 16.8 Å². The van der Waals surface area contributed by atoms with Gasteiger partial charge in [0.15, 0.2) is 0 Å².